The minimum Gasteiger partial charge on any atom is -0.811 e. The van der Waals surface area contributed by atoms with E-state index in [1.54, 1.807) is 0 Å². The molecule has 0 bridgehead atoms. The van der Waals surface area contributed by atoms with Crippen LogP contribution in [0.5, 0.6) is 0 Å². The van der Waals surface area contributed by atoms with Crippen LogP contribution in [0.1, 0.15) is 19.3 Å². The normalized spacial score (nSPS) is 14.1. The molecule has 0 aliphatic carbocycles. The second kappa shape index (κ2) is 5.34. The number of unbranched alkanes of at least 4 members (excludes halogenated alkanes) is 1. The third kappa shape index (κ3) is 7.93. The summed E-state index contributed by atoms with van der Waals surface area (Å²) in [7, 11) is -4.43. The Balaban J connectivity index is 3.47. The maximum atomic E-state index is 10.1. The molecule has 3 N–H and O–H groups in total. The van der Waals surface area contributed by atoms with E-state index in [0.717, 1.165) is 0 Å². The van der Waals surface area contributed by atoms with Crippen molar-refractivity contribution in [1.82, 2.24) is 0 Å². The number of carbonyl (C=O) groups excluding carboxylic acids is 1. The number of hydrogen-bond acceptors (Lipinski definition) is 5. The second-order valence-corrected chi connectivity index (χ2v) is 4.52. The summed E-state index contributed by atoms with van der Waals surface area (Å²) in [6.07, 6.45) is 0.356. The fraction of sp³-hybridized carbons (Fsp3) is 0.833. The van der Waals surface area contributed by atoms with Gasteiger partial charge in [-0.3, -0.25) is 0 Å². The molecular formula is C6H12NO5P-2. The number of hydrogen-bond donors (Lipinski definition) is 1. The van der Waals surface area contributed by atoms with Crippen molar-refractivity contribution in [3.05, 3.63) is 0 Å². The van der Waals surface area contributed by atoms with E-state index in [0.29, 0.717) is 6.42 Å². The van der Waals surface area contributed by atoms with Crippen molar-refractivity contribution in [3.8, 4) is 0 Å². The molecule has 0 heterocycles. The van der Waals surface area contributed by atoms with Crippen LogP contribution in [0.4, 0.5) is 0 Å². The lowest BCUT2D eigenvalue weighted by molar-refractivity contribution is -0.438. The number of rotatable bonds is 6. The Morgan fingerprint density at radius 1 is 1.38 bits per heavy atom. The van der Waals surface area contributed by atoms with Crippen molar-refractivity contribution < 1.29 is 30.0 Å². The molecule has 0 aromatic carbocycles. The van der Waals surface area contributed by atoms with Crippen molar-refractivity contribution in [3.63, 3.8) is 0 Å². The quantitative estimate of drug-likeness (QED) is 0.357. The lowest BCUT2D eigenvalue weighted by atomic mass is 10.1. The lowest BCUT2D eigenvalue weighted by Crippen LogP contribution is -2.68. The lowest BCUT2D eigenvalue weighted by Gasteiger charge is -2.29. The molecule has 7 heteroatoms. The highest BCUT2D eigenvalue weighted by Gasteiger charge is 2.05. The van der Waals surface area contributed by atoms with Crippen molar-refractivity contribution in [1.29, 1.82) is 0 Å². The van der Waals surface area contributed by atoms with Crippen LogP contribution in [-0.2, 0) is 9.36 Å². The van der Waals surface area contributed by atoms with Gasteiger partial charge < -0.3 is 30.0 Å². The van der Waals surface area contributed by atoms with E-state index in [1.807, 2.05) is 0 Å². The molecular weight excluding hydrogens is 197 g/mol. The van der Waals surface area contributed by atoms with Crippen LogP contribution in [0.15, 0.2) is 0 Å². The summed E-state index contributed by atoms with van der Waals surface area (Å²) in [6, 6.07) is -0.835. The molecule has 0 aliphatic rings. The first kappa shape index (κ1) is 12.6. The van der Waals surface area contributed by atoms with Crippen molar-refractivity contribution in [2.75, 3.05) is 6.16 Å². The van der Waals surface area contributed by atoms with E-state index in [-0.39, 0.29) is 12.8 Å². The monoisotopic (exact) mass is 209 g/mol. The van der Waals surface area contributed by atoms with Crippen LogP contribution in [0.25, 0.3) is 0 Å². The molecule has 0 aromatic rings. The van der Waals surface area contributed by atoms with Crippen LogP contribution in [0, 0.1) is 0 Å². The van der Waals surface area contributed by atoms with Gasteiger partial charge in [0.1, 0.15) is 6.04 Å². The summed E-state index contributed by atoms with van der Waals surface area (Å²) >= 11 is 0. The molecule has 0 aliphatic heterocycles. The Labute approximate surface area is 75.9 Å². The van der Waals surface area contributed by atoms with Crippen LogP contribution < -0.4 is 20.6 Å². The highest BCUT2D eigenvalue weighted by molar-refractivity contribution is 7.48. The molecule has 78 valence electrons. The summed E-state index contributed by atoms with van der Waals surface area (Å²) in [5.41, 5.74) is 3.28. The van der Waals surface area contributed by atoms with Crippen molar-refractivity contribution in [2.45, 2.75) is 25.3 Å². The Hall–Kier alpha value is -0.420. The second-order valence-electron chi connectivity index (χ2n) is 2.85. The predicted octanol–water partition coefficient (Wildman–Crippen LogP) is -3.57. The maximum absolute atomic E-state index is 10.1. The van der Waals surface area contributed by atoms with Gasteiger partial charge in [-0.25, -0.2) is 0 Å². The van der Waals surface area contributed by atoms with Gasteiger partial charge in [-0.15, -0.1) is 0 Å². The summed E-state index contributed by atoms with van der Waals surface area (Å²) in [5.74, 6) is -1.26. The fourth-order valence-corrected chi connectivity index (χ4v) is 1.42. The zero-order valence-electron chi connectivity index (χ0n) is 7.10. The van der Waals surface area contributed by atoms with E-state index in [9.17, 15) is 24.3 Å². The molecule has 0 rings (SSSR count). The van der Waals surface area contributed by atoms with Gasteiger partial charge in [-0.2, -0.15) is 0 Å². The van der Waals surface area contributed by atoms with E-state index in [1.165, 1.54) is 0 Å². The van der Waals surface area contributed by atoms with Crippen LogP contribution >= 0.6 is 7.60 Å². The van der Waals surface area contributed by atoms with Gasteiger partial charge in [0.25, 0.3) is 0 Å². The van der Waals surface area contributed by atoms with Gasteiger partial charge in [0.15, 0.2) is 0 Å². The summed E-state index contributed by atoms with van der Waals surface area (Å²) in [4.78, 5) is 30.4. The number of aliphatic carboxylic acids is 1. The molecule has 6 nitrogen and oxygen atoms in total. The summed E-state index contributed by atoms with van der Waals surface area (Å²) in [5, 5.41) is 10.1. The molecule has 1 unspecified atom stereocenters. The Kier molecular flexibility index (Phi) is 5.17. The summed E-state index contributed by atoms with van der Waals surface area (Å²) < 4.78 is 10.1. The Morgan fingerprint density at radius 3 is 2.31 bits per heavy atom. The van der Waals surface area contributed by atoms with Crippen molar-refractivity contribution >= 4 is 13.6 Å². The molecule has 1 atom stereocenters. The molecule has 13 heavy (non-hydrogen) atoms. The van der Waals surface area contributed by atoms with E-state index >= 15 is 0 Å². The molecule has 0 saturated carbocycles. The zero-order chi connectivity index (χ0) is 10.5. The largest absolute Gasteiger partial charge is 0.811 e. The van der Waals surface area contributed by atoms with Gasteiger partial charge in [0, 0.05) is 6.42 Å². The minimum atomic E-state index is -4.43. The molecule has 0 aromatic heterocycles. The molecule has 0 saturated heterocycles. The number of carboxylic acids is 1. The van der Waals surface area contributed by atoms with Crippen molar-refractivity contribution in [2.24, 2.45) is 0 Å². The first-order valence-corrected chi connectivity index (χ1v) is 5.61. The van der Waals surface area contributed by atoms with Gasteiger partial charge in [-0.1, -0.05) is 7.60 Å². The maximum Gasteiger partial charge on any atom is 0.124 e. The highest BCUT2D eigenvalue weighted by Crippen LogP contribution is 2.24. The van der Waals surface area contributed by atoms with Gasteiger partial charge in [0.2, 0.25) is 0 Å². The average Bonchev–Trinajstić information content (AvgIpc) is 1.95. The first-order valence-electron chi connectivity index (χ1n) is 3.88. The first-order chi connectivity index (χ1) is 5.83. The third-order valence-corrected chi connectivity index (χ3v) is 2.43. The Bertz CT molecular complexity index is 213. The van der Waals surface area contributed by atoms with Gasteiger partial charge >= 0.3 is 0 Å². The van der Waals surface area contributed by atoms with E-state index < -0.39 is 25.8 Å². The van der Waals surface area contributed by atoms with Crippen LogP contribution in [0.3, 0.4) is 0 Å². The molecule has 0 spiro atoms. The zero-order valence-corrected chi connectivity index (χ0v) is 8.00. The van der Waals surface area contributed by atoms with Crippen LogP contribution in [-0.4, -0.2) is 18.2 Å². The number of carboxylic acid groups (broad SMARTS) is 1. The van der Waals surface area contributed by atoms with Crippen LogP contribution in [0.2, 0.25) is 0 Å². The SMILES string of the molecule is [NH3+]C(CCCCP(=O)([O-])[O-])C(=O)[O-]. The van der Waals surface area contributed by atoms with Gasteiger partial charge in [0.05, 0.1) is 5.97 Å². The topological polar surface area (TPSA) is 131 Å². The minimum absolute atomic E-state index is 0.184. The third-order valence-electron chi connectivity index (χ3n) is 1.57. The summed E-state index contributed by atoms with van der Waals surface area (Å²) in [6.45, 7) is 0. The van der Waals surface area contributed by atoms with E-state index in [2.05, 4.69) is 5.73 Å². The highest BCUT2D eigenvalue weighted by atomic mass is 31.2. The van der Waals surface area contributed by atoms with E-state index in [4.69, 9.17) is 0 Å². The standard InChI is InChI=1S/C6H14NO5P/c7-5(6(8)9)3-1-2-4-13(10,11)12/h5H,1-4,7H2,(H,8,9)(H2,10,11,12)/p-2. The molecule has 0 radical (unpaired) electrons. The smallest absolute Gasteiger partial charge is 0.124 e. The molecule has 0 amide bonds. The number of quaternary nitrogens is 1. The fourth-order valence-electron chi connectivity index (χ4n) is 0.814. The molecule has 0 fully saturated rings. The predicted molar refractivity (Wildman–Crippen MR) is 38.0 cm³/mol. The Morgan fingerprint density at radius 2 is 1.92 bits per heavy atom. The number of carbonyl (C=O) groups is 1. The average molecular weight is 209 g/mol. The van der Waals surface area contributed by atoms with Gasteiger partial charge in [-0.05, 0) is 19.0 Å².